The summed E-state index contributed by atoms with van der Waals surface area (Å²) in [6.45, 7) is 1.84. The highest BCUT2D eigenvalue weighted by atomic mass is 35.7. The molecule has 1 unspecified atom stereocenters. The van der Waals surface area contributed by atoms with Gasteiger partial charge in [0.05, 0.1) is 9.79 Å². The Bertz CT molecular complexity index is 822. The summed E-state index contributed by atoms with van der Waals surface area (Å²) in [7, 11) is -1.77. The average molecular weight is 330 g/mol. The van der Waals surface area contributed by atoms with Crippen molar-refractivity contribution in [3.63, 3.8) is 0 Å². The first-order valence-electron chi connectivity index (χ1n) is 5.66. The van der Waals surface area contributed by atoms with Gasteiger partial charge in [0.15, 0.2) is 8.94 Å². The van der Waals surface area contributed by atoms with Gasteiger partial charge in [0, 0.05) is 10.7 Å². The summed E-state index contributed by atoms with van der Waals surface area (Å²) in [5, 5.41) is 0. The van der Waals surface area contributed by atoms with Crippen LogP contribution in [0.25, 0.3) is 0 Å². The topological polar surface area (TPSA) is 63.6 Å². The maximum Gasteiger partial charge on any atom is 0.291 e. The molecular formula is C13H12ClNO3S2. The van der Waals surface area contributed by atoms with E-state index >= 15 is 0 Å². The Balaban J connectivity index is 2.53. The van der Waals surface area contributed by atoms with Crippen molar-refractivity contribution in [2.45, 2.75) is 16.7 Å². The zero-order chi connectivity index (χ0) is 14.8. The first kappa shape index (κ1) is 15.0. The van der Waals surface area contributed by atoms with Crippen molar-refractivity contribution in [1.29, 1.82) is 0 Å². The summed E-state index contributed by atoms with van der Waals surface area (Å²) < 4.78 is 39.8. The molecule has 0 aliphatic rings. The van der Waals surface area contributed by atoms with Crippen LogP contribution in [0.3, 0.4) is 0 Å². The standard InChI is InChI=1S/C13H12ClNO3S2/c1-11-7-9-13(10-8-11)20(17,18)15-19(14,16)12-5-3-2-4-6-12/h2-10H,1H3. The highest BCUT2D eigenvalue weighted by Gasteiger charge is 2.18. The van der Waals surface area contributed by atoms with Crippen LogP contribution >= 0.6 is 10.7 Å². The van der Waals surface area contributed by atoms with Gasteiger partial charge in [-0.15, -0.1) is 0 Å². The maximum absolute atomic E-state index is 12.3. The summed E-state index contributed by atoms with van der Waals surface area (Å²) in [6, 6.07) is 14.0. The lowest BCUT2D eigenvalue weighted by Gasteiger charge is -2.03. The van der Waals surface area contributed by atoms with Gasteiger partial charge in [0.2, 0.25) is 0 Å². The first-order valence-corrected chi connectivity index (χ1v) is 9.44. The molecule has 2 aromatic carbocycles. The van der Waals surface area contributed by atoms with Crippen LogP contribution in [0.5, 0.6) is 0 Å². The van der Waals surface area contributed by atoms with Gasteiger partial charge in [-0.3, -0.25) is 0 Å². The first-order chi connectivity index (χ1) is 9.31. The van der Waals surface area contributed by atoms with E-state index in [0.29, 0.717) is 0 Å². The minimum absolute atomic E-state index is 0.0348. The number of hydrogen-bond donors (Lipinski definition) is 0. The van der Waals surface area contributed by atoms with Crippen LogP contribution < -0.4 is 0 Å². The molecule has 0 saturated heterocycles. The molecule has 7 heteroatoms. The van der Waals surface area contributed by atoms with Crippen LogP contribution in [-0.4, -0.2) is 12.6 Å². The largest absolute Gasteiger partial charge is 0.291 e. The molecule has 0 amide bonds. The third-order valence-corrected chi connectivity index (χ3v) is 6.86. The zero-order valence-electron chi connectivity index (χ0n) is 10.6. The van der Waals surface area contributed by atoms with Crippen molar-refractivity contribution in [2.24, 2.45) is 3.77 Å². The predicted octanol–water partition coefficient (Wildman–Crippen LogP) is 3.36. The molecule has 0 spiro atoms. The molecule has 0 aliphatic carbocycles. The summed E-state index contributed by atoms with van der Waals surface area (Å²) in [6.07, 6.45) is 0. The molecule has 0 N–H and O–H groups in total. The third-order valence-electron chi connectivity index (χ3n) is 2.55. The Morgan fingerprint density at radius 1 is 0.850 bits per heavy atom. The van der Waals surface area contributed by atoms with Crippen LogP contribution in [0.2, 0.25) is 0 Å². The maximum atomic E-state index is 12.3. The lowest BCUT2D eigenvalue weighted by atomic mass is 10.2. The van der Waals surface area contributed by atoms with Crippen molar-refractivity contribution in [2.75, 3.05) is 0 Å². The zero-order valence-corrected chi connectivity index (χ0v) is 13.0. The minimum Gasteiger partial charge on any atom is -0.227 e. The van der Waals surface area contributed by atoms with Crippen molar-refractivity contribution in [3.05, 3.63) is 60.2 Å². The average Bonchev–Trinajstić information content (AvgIpc) is 2.39. The molecule has 0 heterocycles. The number of sulfonamides is 1. The van der Waals surface area contributed by atoms with Crippen LogP contribution in [-0.2, 0) is 19.0 Å². The molecule has 0 aliphatic heterocycles. The minimum atomic E-state index is -4.07. The van der Waals surface area contributed by atoms with E-state index in [4.69, 9.17) is 10.7 Å². The SMILES string of the molecule is Cc1ccc(S(=O)(=O)N=S(=O)(Cl)c2ccccc2)cc1. The van der Waals surface area contributed by atoms with Crippen LogP contribution in [0, 0.1) is 6.92 Å². The van der Waals surface area contributed by atoms with E-state index in [0.717, 1.165) is 5.56 Å². The Hall–Kier alpha value is -1.37. The molecule has 1 atom stereocenters. The Kier molecular flexibility index (Phi) is 4.17. The highest BCUT2D eigenvalue weighted by Crippen LogP contribution is 2.22. The Morgan fingerprint density at radius 2 is 1.40 bits per heavy atom. The predicted molar refractivity (Wildman–Crippen MR) is 79.5 cm³/mol. The van der Waals surface area contributed by atoms with E-state index in [-0.39, 0.29) is 9.79 Å². The van der Waals surface area contributed by atoms with Gasteiger partial charge >= 0.3 is 0 Å². The normalized spacial score (nSPS) is 14.5. The molecule has 0 bridgehead atoms. The van der Waals surface area contributed by atoms with Crippen LogP contribution in [0.4, 0.5) is 0 Å². The molecule has 0 radical (unpaired) electrons. The fourth-order valence-electron chi connectivity index (χ4n) is 1.51. The van der Waals surface area contributed by atoms with Gasteiger partial charge in [0.1, 0.15) is 0 Å². The quantitative estimate of drug-likeness (QED) is 0.811. The van der Waals surface area contributed by atoms with E-state index < -0.39 is 19.0 Å². The fourth-order valence-corrected chi connectivity index (χ4v) is 5.16. The van der Waals surface area contributed by atoms with Gasteiger partial charge in [-0.1, -0.05) is 39.7 Å². The summed E-state index contributed by atoms with van der Waals surface area (Å²) in [5.74, 6) is 0. The number of hydrogen-bond acceptors (Lipinski definition) is 3. The molecule has 0 aromatic heterocycles. The van der Waals surface area contributed by atoms with Gasteiger partial charge in [0.25, 0.3) is 10.0 Å². The Labute approximate surface area is 123 Å². The second kappa shape index (κ2) is 5.55. The van der Waals surface area contributed by atoms with Gasteiger partial charge in [-0.2, -0.15) is 8.42 Å². The van der Waals surface area contributed by atoms with Gasteiger partial charge in [-0.25, -0.2) is 4.21 Å². The fraction of sp³-hybridized carbons (Fsp3) is 0.0769. The lowest BCUT2D eigenvalue weighted by Crippen LogP contribution is -2.01. The van der Waals surface area contributed by atoms with Crippen molar-refractivity contribution >= 4 is 29.6 Å². The molecule has 20 heavy (non-hydrogen) atoms. The molecule has 0 saturated carbocycles. The van der Waals surface area contributed by atoms with E-state index in [1.807, 2.05) is 6.92 Å². The molecule has 0 fully saturated rings. The van der Waals surface area contributed by atoms with Crippen LogP contribution in [0.15, 0.2) is 68.2 Å². The lowest BCUT2D eigenvalue weighted by molar-refractivity contribution is 0.598. The highest BCUT2D eigenvalue weighted by molar-refractivity contribution is 8.19. The Morgan fingerprint density at radius 3 is 1.95 bits per heavy atom. The number of halogens is 1. The van der Waals surface area contributed by atoms with Crippen molar-refractivity contribution < 1.29 is 12.6 Å². The van der Waals surface area contributed by atoms with E-state index in [1.165, 1.54) is 24.3 Å². The molecule has 4 nitrogen and oxygen atoms in total. The number of aryl methyl sites for hydroxylation is 1. The summed E-state index contributed by atoms with van der Waals surface area (Å²) in [4.78, 5) is 0.129. The molecular weight excluding hydrogens is 318 g/mol. The molecule has 2 rings (SSSR count). The summed E-state index contributed by atoms with van der Waals surface area (Å²) >= 11 is 0. The summed E-state index contributed by atoms with van der Waals surface area (Å²) in [5.41, 5.74) is 0.915. The van der Waals surface area contributed by atoms with Crippen molar-refractivity contribution in [3.8, 4) is 0 Å². The van der Waals surface area contributed by atoms with E-state index in [1.54, 1.807) is 30.3 Å². The van der Waals surface area contributed by atoms with Gasteiger partial charge in [-0.05, 0) is 31.2 Å². The third kappa shape index (κ3) is 3.39. The smallest absolute Gasteiger partial charge is 0.227 e. The van der Waals surface area contributed by atoms with E-state index in [2.05, 4.69) is 3.77 Å². The molecule has 106 valence electrons. The van der Waals surface area contributed by atoms with Crippen LogP contribution in [0.1, 0.15) is 5.56 Å². The number of nitrogens with zero attached hydrogens (tertiary/aromatic N) is 1. The molecule has 2 aromatic rings. The van der Waals surface area contributed by atoms with Gasteiger partial charge < -0.3 is 0 Å². The number of benzene rings is 2. The number of rotatable bonds is 3. The second-order valence-corrected chi connectivity index (χ2v) is 8.79. The second-order valence-electron chi connectivity index (χ2n) is 4.13. The monoisotopic (exact) mass is 329 g/mol. The van der Waals surface area contributed by atoms with E-state index in [9.17, 15) is 12.6 Å². The van der Waals surface area contributed by atoms with Crippen molar-refractivity contribution in [1.82, 2.24) is 0 Å².